The number of hydrogen-bond donors (Lipinski definition) is 6. The molecule has 4 aliphatic carbocycles. The maximum atomic E-state index is 12.8. The lowest BCUT2D eigenvalue weighted by Gasteiger charge is -2.62. The standard InChI is InChI=1S/C30H55N5O3.CH4/c1-28-15-5-4-7-19(28)10-12-21-22-13-11-20(30(22,3)25(36)17-23(21)28)8-6-9-26(37)35-24(27(38)34-18-31)14-16-29(2,32)33;/h19-25,36H,4-18,31-33H2,1-3H3,(H,34,38)(H,35,37);1H4. The van der Waals surface area contributed by atoms with Gasteiger partial charge in [0.25, 0.3) is 0 Å². The monoisotopic (exact) mass is 549 g/mol. The molecule has 0 spiro atoms. The summed E-state index contributed by atoms with van der Waals surface area (Å²) in [6.07, 6.45) is 14.1. The van der Waals surface area contributed by atoms with Gasteiger partial charge in [0.1, 0.15) is 6.04 Å². The maximum Gasteiger partial charge on any atom is 0.243 e. The Labute approximate surface area is 237 Å². The van der Waals surface area contributed by atoms with Crippen molar-refractivity contribution in [2.24, 2.45) is 57.6 Å². The number of amides is 2. The molecule has 0 aromatic rings. The van der Waals surface area contributed by atoms with Gasteiger partial charge in [0.15, 0.2) is 0 Å². The molecule has 0 aliphatic heterocycles. The van der Waals surface area contributed by atoms with Crippen molar-refractivity contribution in [2.45, 2.75) is 136 Å². The molecule has 226 valence electrons. The van der Waals surface area contributed by atoms with E-state index < -0.39 is 11.7 Å². The predicted octanol–water partition coefficient (Wildman–Crippen LogP) is 3.74. The van der Waals surface area contributed by atoms with Crippen LogP contribution < -0.4 is 27.8 Å². The van der Waals surface area contributed by atoms with Crippen molar-refractivity contribution in [1.29, 1.82) is 0 Å². The summed E-state index contributed by atoms with van der Waals surface area (Å²) in [5.74, 6) is 2.86. The molecule has 4 aliphatic rings. The summed E-state index contributed by atoms with van der Waals surface area (Å²) in [4.78, 5) is 25.2. The molecule has 0 heterocycles. The van der Waals surface area contributed by atoms with Crippen molar-refractivity contribution in [2.75, 3.05) is 6.67 Å². The Morgan fingerprint density at radius 1 is 1.08 bits per heavy atom. The van der Waals surface area contributed by atoms with Crippen LogP contribution in [-0.4, -0.2) is 41.4 Å². The number of aliphatic hydroxyl groups excluding tert-OH is 1. The minimum absolute atomic E-state index is 0. The van der Waals surface area contributed by atoms with Gasteiger partial charge in [0, 0.05) is 6.42 Å². The van der Waals surface area contributed by atoms with Crippen molar-refractivity contribution in [3.63, 3.8) is 0 Å². The average molecular weight is 550 g/mol. The number of fused-ring (bicyclic) bond motifs is 5. The zero-order valence-corrected chi connectivity index (χ0v) is 24.1. The Kier molecular flexibility index (Phi) is 10.6. The zero-order chi connectivity index (χ0) is 27.7. The van der Waals surface area contributed by atoms with E-state index >= 15 is 0 Å². The fourth-order valence-corrected chi connectivity index (χ4v) is 9.58. The molecule has 0 aromatic carbocycles. The van der Waals surface area contributed by atoms with Crippen molar-refractivity contribution in [3.05, 3.63) is 0 Å². The third-order valence-electron chi connectivity index (χ3n) is 11.7. The first-order chi connectivity index (χ1) is 17.9. The van der Waals surface area contributed by atoms with Crippen molar-refractivity contribution in [3.8, 4) is 0 Å². The molecule has 8 nitrogen and oxygen atoms in total. The van der Waals surface area contributed by atoms with Gasteiger partial charge in [-0.15, -0.1) is 0 Å². The minimum Gasteiger partial charge on any atom is -0.393 e. The summed E-state index contributed by atoms with van der Waals surface area (Å²) in [6.45, 7) is 6.62. The van der Waals surface area contributed by atoms with Crippen LogP contribution in [0.5, 0.6) is 0 Å². The number of hydrogen-bond acceptors (Lipinski definition) is 6. The van der Waals surface area contributed by atoms with E-state index in [1.807, 2.05) is 0 Å². The number of rotatable bonds is 10. The Hall–Kier alpha value is -1.22. The van der Waals surface area contributed by atoms with E-state index in [1.54, 1.807) is 6.92 Å². The number of carbonyl (C=O) groups is 2. The highest BCUT2D eigenvalue weighted by atomic mass is 16.3. The van der Waals surface area contributed by atoms with E-state index in [9.17, 15) is 14.7 Å². The fourth-order valence-electron chi connectivity index (χ4n) is 9.58. The van der Waals surface area contributed by atoms with Gasteiger partial charge in [-0.05, 0) is 118 Å². The van der Waals surface area contributed by atoms with Crippen LogP contribution in [0.15, 0.2) is 0 Å². The second kappa shape index (κ2) is 12.7. The van der Waals surface area contributed by atoms with Crippen LogP contribution in [0.25, 0.3) is 0 Å². The highest BCUT2D eigenvalue weighted by Gasteiger charge is 2.62. The molecule has 8 heteroatoms. The molecule has 0 aromatic heterocycles. The van der Waals surface area contributed by atoms with Crippen LogP contribution in [0.2, 0.25) is 0 Å². The molecule has 39 heavy (non-hydrogen) atoms. The van der Waals surface area contributed by atoms with E-state index in [0.29, 0.717) is 42.4 Å². The maximum absolute atomic E-state index is 12.8. The van der Waals surface area contributed by atoms with E-state index in [1.165, 1.54) is 44.9 Å². The lowest BCUT2D eigenvalue weighted by Crippen LogP contribution is -2.57. The molecule has 9 unspecified atom stereocenters. The molecule has 2 amide bonds. The van der Waals surface area contributed by atoms with Crippen LogP contribution in [0.4, 0.5) is 0 Å². The molecular weight excluding hydrogens is 490 g/mol. The minimum atomic E-state index is -0.909. The average Bonchev–Trinajstić information content (AvgIpc) is 3.19. The predicted molar refractivity (Wildman–Crippen MR) is 157 cm³/mol. The van der Waals surface area contributed by atoms with E-state index in [0.717, 1.165) is 37.5 Å². The molecule has 9 atom stereocenters. The molecule has 9 N–H and O–H groups in total. The zero-order valence-electron chi connectivity index (χ0n) is 24.1. The lowest BCUT2D eigenvalue weighted by molar-refractivity contribution is -0.164. The highest BCUT2D eigenvalue weighted by Crippen LogP contribution is 2.67. The number of nitrogens with two attached hydrogens (primary N) is 3. The Morgan fingerprint density at radius 3 is 2.51 bits per heavy atom. The van der Waals surface area contributed by atoms with Crippen LogP contribution in [-0.2, 0) is 9.59 Å². The quantitative estimate of drug-likeness (QED) is 0.228. The lowest BCUT2D eigenvalue weighted by atomic mass is 9.44. The van der Waals surface area contributed by atoms with Gasteiger partial charge in [-0.2, -0.15) is 0 Å². The largest absolute Gasteiger partial charge is 0.393 e. The van der Waals surface area contributed by atoms with Crippen molar-refractivity contribution < 1.29 is 14.7 Å². The highest BCUT2D eigenvalue weighted by molar-refractivity contribution is 5.87. The van der Waals surface area contributed by atoms with E-state index in [2.05, 4.69) is 24.5 Å². The van der Waals surface area contributed by atoms with Crippen LogP contribution >= 0.6 is 0 Å². The first-order valence-corrected chi connectivity index (χ1v) is 15.4. The smallest absolute Gasteiger partial charge is 0.243 e. The van der Waals surface area contributed by atoms with E-state index in [-0.39, 0.29) is 37.4 Å². The van der Waals surface area contributed by atoms with Gasteiger partial charge in [0.05, 0.1) is 18.4 Å². The third-order valence-corrected chi connectivity index (χ3v) is 11.7. The Bertz CT molecular complexity index is 847. The summed E-state index contributed by atoms with van der Waals surface area (Å²) < 4.78 is 0. The number of carbonyl (C=O) groups excluding carboxylic acids is 2. The van der Waals surface area contributed by atoms with E-state index in [4.69, 9.17) is 17.2 Å². The van der Waals surface area contributed by atoms with Gasteiger partial charge in [0.2, 0.25) is 11.8 Å². The van der Waals surface area contributed by atoms with Gasteiger partial charge >= 0.3 is 0 Å². The van der Waals surface area contributed by atoms with Gasteiger partial charge < -0.3 is 32.9 Å². The summed E-state index contributed by atoms with van der Waals surface area (Å²) >= 11 is 0. The molecule has 4 saturated carbocycles. The molecule has 4 rings (SSSR count). The molecule has 0 radical (unpaired) electrons. The van der Waals surface area contributed by atoms with Crippen molar-refractivity contribution in [1.82, 2.24) is 10.6 Å². The van der Waals surface area contributed by atoms with Gasteiger partial charge in [-0.3, -0.25) is 9.59 Å². The summed E-state index contributed by atoms with van der Waals surface area (Å²) in [5, 5.41) is 17.1. The summed E-state index contributed by atoms with van der Waals surface area (Å²) in [7, 11) is 0. The van der Waals surface area contributed by atoms with Gasteiger partial charge in [-0.1, -0.05) is 34.1 Å². The summed E-state index contributed by atoms with van der Waals surface area (Å²) in [5.41, 5.74) is 16.7. The van der Waals surface area contributed by atoms with Crippen molar-refractivity contribution >= 4 is 11.8 Å². The third kappa shape index (κ3) is 6.65. The van der Waals surface area contributed by atoms with Crippen LogP contribution in [0, 0.1) is 40.4 Å². The SMILES string of the molecule is C.CC(N)(N)CCC(NC(=O)CCCC1CCC2C3CCC4CCCCC4(C)C3CC(O)C12C)C(=O)NCN. The molecule has 4 fully saturated rings. The molecular formula is C31H59N5O3. The summed E-state index contributed by atoms with van der Waals surface area (Å²) in [6, 6.07) is -0.695. The Morgan fingerprint density at radius 2 is 1.82 bits per heavy atom. The Balaban J connectivity index is 0.00000420. The molecule has 0 bridgehead atoms. The second-order valence-corrected chi connectivity index (χ2v) is 14.1. The van der Waals surface area contributed by atoms with Crippen LogP contribution in [0.1, 0.15) is 118 Å². The first kappa shape index (κ1) is 32.3. The second-order valence-electron chi connectivity index (χ2n) is 14.1. The first-order valence-electron chi connectivity index (χ1n) is 15.4. The number of aliphatic hydroxyl groups is 1. The molecule has 0 saturated heterocycles. The van der Waals surface area contributed by atoms with Crippen LogP contribution in [0.3, 0.4) is 0 Å². The topological polar surface area (TPSA) is 156 Å². The number of nitrogens with one attached hydrogen (secondary N) is 2. The fraction of sp³-hybridized carbons (Fsp3) is 0.935. The normalized spacial score (nSPS) is 38.4. The van der Waals surface area contributed by atoms with Gasteiger partial charge in [-0.25, -0.2) is 0 Å².